The summed E-state index contributed by atoms with van der Waals surface area (Å²) >= 11 is 0. The highest BCUT2D eigenvalue weighted by molar-refractivity contribution is 5.73. The molecule has 1 fully saturated rings. The fraction of sp³-hybridized carbons (Fsp3) is 0.353. The quantitative estimate of drug-likeness (QED) is 0.914. The van der Waals surface area contributed by atoms with Gasteiger partial charge in [0, 0.05) is 5.56 Å². The normalized spacial score (nSPS) is 18.9. The van der Waals surface area contributed by atoms with E-state index in [9.17, 15) is 23.1 Å². The fourth-order valence-electron chi connectivity index (χ4n) is 2.96. The van der Waals surface area contributed by atoms with Gasteiger partial charge >= 0.3 is 12.1 Å². The summed E-state index contributed by atoms with van der Waals surface area (Å²) in [5.74, 6) is 0.00916. The van der Waals surface area contributed by atoms with Gasteiger partial charge in [-0.15, -0.1) is 0 Å². The Labute approximate surface area is 136 Å². The van der Waals surface area contributed by atoms with Crippen LogP contribution in [0.3, 0.4) is 0 Å². The number of halogens is 3. The smallest absolute Gasteiger partial charge is 0.416 e. The van der Waals surface area contributed by atoms with E-state index < -0.39 is 23.8 Å². The van der Waals surface area contributed by atoms with Gasteiger partial charge in [-0.2, -0.15) is 13.2 Å². The highest BCUT2D eigenvalue weighted by atomic mass is 19.4. The zero-order valence-corrected chi connectivity index (χ0v) is 12.7. The van der Waals surface area contributed by atoms with Crippen LogP contribution < -0.4 is 0 Å². The van der Waals surface area contributed by atoms with Crippen LogP contribution in [0.2, 0.25) is 0 Å². The molecule has 24 heavy (non-hydrogen) atoms. The minimum Gasteiger partial charge on any atom is -0.480 e. The molecule has 1 unspecified atom stereocenters. The van der Waals surface area contributed by atoms with Gasteiger partial charge in [0.15, 0.2) is 0 Å². The first kappa shape index (κ1) is 16.6. The lowest BCUT2D eigenvalue weighted by molar-refractivity contribution is -0.142. The molecule has 1 saturated heterocycles. The van der Waals surface area contributed by atoms with Gasteiger partial charge in [0.2, 0.25) is 0 Å². The molecule has 0 bridgehead atoms. The summed E-state index contributed by atoms with van der Waals surface area (Å²) in [6.07, 6.45) is -3.01. The Balaban J connectivity index is 1.78. The SMILES string of the molecule is O=C(O)C1CCCN1Cc1ccc(-c2cccc(C(F)(F)F)c2)o1. The Morgan fingerprint density at radius 1 is 1.29 bits per heavy atom. The van der Waals surface area contributed by atoms with Gasteiger partial charge in [-0.05, 0) is 43.7 Å². The predicted octanol–water partition coefficient (Wildman–Crippen LogP) is 4.01. The Hall–Kier alpha value is -2.28. The Morgan fingerprint density at radius 2 is 2.08 bits per heavy atom. The monoisotopic (exact) mass is 339 g/mol. The molecule has 0 aliphatic carbocycles. The van der Waals surface area contributed by atoms with Crippen LogP contribution in [0.5, 0.6) is 0 Å². The van der Waals surface area contributed by atoms with Crippen LogP contribution in [0.25, 0.3) is 11.3 Å². The molecule has 128 valence electrons. The van der Waals surface area contributed by atoms with Gasteiger partial charge in [-0.1, -0.05) is 12.1 Å². The van der Waals surface area contributed by atoms with Crippen LogP contribution in [-0.2, 0) is 17.5 Å². The first-order valence-electron chi connectivity index (χ1n) is 7.58. The molecule has 1 N–H and O–H groups in total. The molecule has 0 spiro atoms. The topological polar surface area (TPSA) is 53.7 Å². The third kappa shape index (κ3) is 3.46. The Bertz CT molecular complexity index is 739. The number of hydrogen-bond acceptors (Lipinski definition) is 3. The molecule has 1 aromatic heterocycles. The van der Waals surface area contributed by atoms with Gasteiger partial charge < -0.3 is 9.52 Å². The molecule has 0 radical (unpaired) electrons. The third-order valence-corrected chi connectivity index (χ3v) is 4.14. The molecule has 1 aliphatic heterocycles. The fourth-order valence-corrected chi connectivity index (χ4v) is 2.96. The van der Waals surface area contributed by atoms with Crippen molar-refractivity contribution in [3.05, 3.63) is 47.7 Å². The van der Waals surface area contributed by atoms with Crippen LogP contribution in [0, 0.1) is 0 Å². The van der Waals surface area contributed by atoms with Gasteiger partial charge in [0.1, 0.15) is 17.6 Å². The second-order valence-electron chi connectivity index (χ2n) is 5.81. The van der Waals surface area contributed by atoms with Crippen LogP contribution in [0.4, 0.5) is 13.2 Å². The van der Waals surface area contributed by atoms with Crippen molar-refractivity contribution in [2.24, 2.45) is 0 Å². The molecule has 1 aliphatic rings. The molecular formula is C17H16F3NO3. The number of carbonyl (C=O) groups is 1. The van der Waals surface area contributed by atoms with Gasteiger partial charge in [0.25, 0.3) is 0 Å². The van der Waals surface area contributed by atoms with E-state index in [4.69, 9.17) is 4.42 Å². The number of nitrogens with zero attached hydrogens (tertiary/aromatic N) is 1. The molecule has 0 amide bonds. The van der Waals surface area contributed by atoms with E-state index in [1.165, 1.54) is 6.07 Å². The number of hydrogen-bond donors (Lipinski definition) is 1. The summed E-state index contributed by atoms with van der Waals surface area (Å²) in [6.45, 7) is 0.993. The molecule has 2 aromatic rings. The molecule has 2 heterocycles. The zero-order chi connectivity index (χ0) is 17.3. The van der Waals surface area contributed by atoms with Crippen LogP contribution >= 0.6 is 0 Å². The standard InChI is InChI=1S/C17H16F3NO3/c18-17(19,20)12-4-1-3-11(9-12)15-7-6-13(24-15)10-21-8-2-5-14(21)16(22)23/h1,3-4,6-7,9,14H,2,5,8,10H2,(H,22,23). The van der Waals surface area contributed by atoms with Crippen LogP contribution in [0.1, 0.15) is 24.2 Å². The average molecular weight is 339 g/mol. The van der Waals surface area contributed by atoms with E-state index in [-0.39, 0.29) is 0 Å². The number of carboxylic acids is 1. The first-order valence-corrected chi connectivity index (χ1v) is 7.58. The maximum atomic E-state index is 12.8. The second-order valence-corrected chi connectivity index (χ2v) is 5.81. The predicted molar refractivity (Wildman–Crippen MR) is 80.2 cm³/mol. The van der Waals surface area contributed by atoms with E-state index >= 15 is 0 Å². The number of aliphatic carboxylic acids is 1. The van der Waals surface area contributed by atoms with Gasteiger partial charge in [0.05, 0.1) is 12.1 Å². The van der Waals surface area contributed by atoms with Crippen LogP contribution in [0.15, 0.2) is 40.8 Å². The summed E-state index contributed by atoms with van der Waals surface area (Å²) in [5, 5.41) is 9.17. The van der Waals surface area contributed by atoms with Crippen molar-refractivity contribution >= 4 is 5.97 Å². The minimum absolute atomic E-state index is 0.329. The van der Waals surface area contributed by atoms with Crippen LogP contribution in [-0.4, -0.2) is 28.6 Å². The lowest BCUT2D eigenvalue weighted by atomic mass is 10.1. The maximum Gasteiger partial charge on any atom is 0.416 e. The second kappa shape index (κ2) is 6.32. The highest BCUT2D eigenvalue weighted by Gasteiger charge is 2.32. The summed E-state index contributed by atoms with van der Waals surface area (Å²) < 4.78 is 44.0. The lowest BCUT2D eigenvalue weighted by Gasteiger charge is -2.19. The summed E-state index contributed by atoms with van der Waals surface area (Å²) in [7, 11) is 0. The lowest BCUT2D eigenvalue weighted by Crippen LogP contribution is -2.35. The van der Waals surface area contributed by atoms with Crippen molar-refractivity contribution in [2.75, 3.05) is 6.54 Å². The molecular weight excluding hydrogens is 323 g/mol. The van der Waals surface area contributed by atoms with Crippen molar-refractivity contribution in [1.29, 1.82) is 0 Å². The number of alkyl halides is 3. The van der Waals surface area contributed by atoms with Crippen molar-refractivity contribution in [2.45, 2.75) is 31.6 Å². The number of carboxylic acid groups (broad SMARTS) is 1. The van der Waals surface area contributed by atoms with Gasteiger partial charge in [-0.3, -0.25) is 9.69 Å². The van der Waals surface area contributed by atoms with E-state index in [0.717, 1.165) is 18.6 Å². The molecule has 7 heteroatoms. The van der Waals surface area contributed by atoms with Crippen molar-refractivity contribution < 1.29 is 27.5 Å². The molecule has 4 nitrogen and oxygen atoms in total. The molecule has 3 rings (SSSR count). The van der Waals surface area contributed by atoms with Gasteiger partial charge in [-0.25, -0.2) is 0 Å². The number of furan rings is 1. The Morgan fingerprint density at radius 3 is 2.79 bits per heavy atom. The summed E-state index contributed by atoms with van der Waals surface area (Å²) in [6, 6.07) is 7.68. The maximum absolute atomic E-state index is 12.8. The number of likely N-dealkylation sites (tertiary alicyclic amines) is 1. The van der Waals surface area contributed by atoms with Crippen molar-refractivity contribution in [3.63, 3.8) is 0 Å². The van der Waals surface area contributed by atoms with E-state index in [1.807, 2.05) is 0 Å². The van der Waals surface area contributed by atoms with E-state index in [1.54, 1.807) is 23.1 Å². The largest absolute Gasteiger partial charge is 0.480 e. The molecule has 1 atom stereocenters. The number of rotatable bonds is 4. The molecule has 1 aromatic carbocycles. The first-order chi connectivity index (χ1) is 11.3. The third-order valence-electron chi connectivity index (χ3n) is 4.14. The summed E-state index contributed by atoms with van der Waals surface area (Å²) in [5.41, 5.74) is -0.393. The van der Waals surface area contributed by atoms with Crippen molar-refractivity contribution in [1.82, 2.24) is 4.90 Å². The summed E-state index contributed by atoms with van der Waals surface area (Å²) in [4.78, 5) is 13.0. The van der Waals surface area contributed by atoms with E-state index in [0.29, 0.717) is 36.6 Å². The average Bonchev–Trinajstić information content (AvgIpc) is 3.16. The molecule has 0 saturated carbocycles. The highest BCUT2D eigenvalue weighted by Crippen LogP contribution is 2.33. The van der Waals surface area contributed by atoms with Crippen molar-refractivity contribution in [3.8, 4) is 11.3 Å². The minimum atomic E-state index is -4.41. The number of benzene rings is 1. The zero-order valence-electron chi connectivity index (χ0n) is 12.7. The Kier molecular flexibility index (Phi) is 4.36. The van der Waals surface area contributed by atoms with E-state index in [2.05, 4.69) is 0 Å².